The van der Waals surface area contributed by atoms with Gasteiger partial charge in [0, 0.05) is 12.2 Å². The van der Waals surface area contributed by atoms with E-state index < -0.39 is 5.97 Å². The van der Waals surface area contributed by atoms with Crippen molar-refractivity contribution < 1.29 is 15.0 Å². The monoisotopic (exact) mass is 172 g/mol. The second-order valence-electron chi connectivity index (χ2n) is 2.61. The van der Waals surface area contributed by atoms with Gasteiger partial charge in [-0.25, -0.2) is 4.79 Å². The molecule has 0 rings (SSSR count). The normalized spacial score (nSPS) is 11.7. The minimum atomic E-state index is -0.832. The van der Waals surface area contributed by atoms with Crippen LogP contribution in [0.2, 0.25) is 0 Å². The zero-order chi connectivity index (χ0) is 9.40. The lowest BCUT2D eigenvalue weighted by atomic mass is 10.1. The molecule has 0 aliphatic carbocycles. The predicted molar refractivity (Wildman–Crippen MR) is 46.9 cm³/mol. The highest BCUT2D eigenvalue weighted by molar-refractivity contribution is 5.86. The fourth-order valence-electron chi connectivity index (χ4n) is 0.915. The number of hydrogen-bond acceptors (Lipinski definition) is 2. The summed E-state index contributed by atoms with van der Waals surface area (Å²) in [5, 5.41) is 17.1. The standard InChI is InChI=1S/C9H16O3/c1-2-8(9(11)12)6-4-3-5-7-10/h6,10H,2-5,7H2,1H3,(H,11,12). The second-order valence-corrected chi connectivity index (χ2v) is 2.61. The van der Waals surface area contributed by atoms with E-state index in [1.54, 1.807) is 6.08 Å². The van der Waals surface area contributed by atoms with Gasteiger partial charge in [0.05, 0.1) is 0 Å². The maximum Gasteiger partial charge on any atom is 0.331 e. The van der Waals surface area contributed by atoms with Gasteiger partial charge in [-0.15, -0.1) is 0 Å². The Morgan fingerprint density at radius 2 is 2.08 bits per heavy atom. The SMILES string of the molecule is CCC(=CCCCCO)C(=O)O. The van der Waals surface area contributed by atoms with Gasteiger partial charge in [0.15, 0.2) is 0 Å². The molecule has 0 saturated heterocycles. The zero-order valence-corrected chi connectivity index (χ0v) is 7.42. The third-order valence-corrected chi connectivity index (χ3v) is 1.66. The van der Waals surface area contributed by atoms with Crippen LogP contribution in [0.4, 0.5) is 0 Å². The summed E-state index contributed by atoms with van der Waals surface area (Å²) in [7, 11) is 0. The van der Waals surface area contributed by atoms with Crippen LogP contribution in [0.25, 0.3) is 0 Å². The molecule has 0 heterocycles. The number of carbonyl (C=O) groups is 1. The maximum atomic E-state index is 10.5. The Morgan fingerprint density at radius 3 is 2.50 bits per heavy atom. The average molecular weight is 172 g/mol. The number of aliphatic hydroxyl groups excluding tert-OH is 1. The molecule has 0 amide bonds. The first-order chi connectivity index (χ1) is 5.72. The first kappa shape index (κ1) is 11.2. The summed E-state index contributed by atoms with van der Waals surface area (Å²) in [6.07, 6.45) is 4.64. The Bertz CT molecular complexity index is 161. The molecular weight excluding hydrogens is 156 g/mol. The molecule has 12 heavy (non-hydrogen) atoms. The largest absolute Gasteiger partial charge is 0.478 e. The highest BCUT2D eigenvalue weighted by atomic mass is 16.4. The lowest BCUT2D eigenvalue weighted by Crippen LogP contribution is -1.98. The van der Waals surface area contributed by atoms with E-state index >= 15 is 0 Å². The molecule has 3 nitrogen and oxygen atoms in total. The van der Waals surface area contributed by atoms with E-state index in [4.69, 9.17) is 10.2 Å². The number of carboxylic acid groups (broad SMARTS) is 1. The predicted octanol–water partition coefficient (Wildman–Crippen LogP) is 1.57. The average Bonchev–Trinajstić information content (AvgIpc) is 2.04. The van der Waals surface area contributed by atoms with Crippen molar-refractivity contribution in [2.45, 2.75) is 32.6 Å². The van der Waals surface area contributed by atoms with Crippen LogP contribution in [0.15, 0.2) is 11.6 Å². The van der Waals surface area contributed by atoms with Crippen LogP contribution in [0.5, 0.6) is 0 Å². The molecule has 0 aliphatic rings. The molecule has 2 N–H and O–H groups in total. The van der Waals surface area contributed by atoms with Crippen LogP contribution >= 0.6 is 0 Å². The topological polar surface area (TPSA) is 57.5 Å². The van der Waals surface area contributed by atoms with Gasteiger partial charge in [0.1, 0.15) is 0 Å². The van der Waals surface area contributed by atoms with Crippen molar-refractivity contribution in [1.82, 2.24) is 0 Å². The van der Waals surface area contributed by atoms with E-state index in [-0.39, 0.29) is 6.61 Å². The Labute approximate surface area is 72.7 Å². The van der Waals surface area contributed by atoms with Crippen LogP contribution < -0.4 is 0 Å². The minimum absolute atomic E-state index is 0.183. The highest BCUT2D eigenvalue weighted by Crippen LogP contribution is 2.05. The molecule has 0 radical (unpaired) electrons. The zero-order valence-electron chi connectivity index (χ0n) is 7.42. The lowest BCUT2D eigenvalue weighted by molar-refractivity contribution is -0.132. The molecular formula is C9H16O3. The van der Waals surface area contributed by atoms with Gasteiger partial charge in [0.2, 0.25) is 0 Å². The summed E-state index contributed by atoms with van der Waals surface area (Å²) in [4.78, 5) is 10.5. The summed E-state index contributed by atoms with van der Waals surface area (Å²) in [6.45, 7) is 2.01. The van der Waals surface area contributed by atoms with Gasteiger partial charge >= 0.3 is 5.97 Å². The Kier molecular flexibility index (Phi) is 6.38. The molecule has 70 valence electrons. The molecule has 0 bridgehead atoms. The van der Waals surface area contributed by atoms with E-state index in [2.05, 4.69) is 0 Å². The van der Waals surface area contributed by atoms with E-state index in [0.717, 1.165) is 19.3 Å². The molecule has 0 spiro atoms. The Hall–Kier alpha value is -0.830. The molecule has 0 aliphatic heterocycles. The second kappa shape index (κ2) is 6.85. The fourth-order valence-corrected chi connectivity index (χ4v) is 0.915. The summed E-state index contributed by atoms with van der Waals surface area (Å²) in [6, 6.07) is 0. The highest BCUT2D eigenvalue weighted by Gasteiger charge is 2.01. The first-order valence-electron chi connectivity index (χ1n) is 4.25. The van der Waals surface area contributed by atoms with Crippen molar-refractivity contribution in [3.8, 4) is 0 Å². The van der Waals surface area contributed by atoms with Gasteiger partial charge in [-0.3, -0.25) is 0 Å². The third-order valence-electron chi connectivity index (χ3n) is 1.66. The van der Waals surface area contributed by atoms with Crippen molar-refractivity contribution in [1.29, 1.82) is 0 Å². The van der Waals surface area contributed by atoms with E-state index in [1.165, 1.54) is 0 Å². The molecule has 0 fully saturated rings. The number of carboxylic acids is 1. The van der Waals surface area contributed by atoms with Crippen LogP contribution in [0, 0.1) is 0 Å². The van der Waals surface area contributed by atoms with E-state index in [1.807, 2.05) is 6.92 Å². The van der Waals surface area contributed by atoms with Gasteiger partial charge in [-0.05, 0) is 25.7 Å². The van der Waals surface area contributed by atoms with Crippen molar-refractivity contribution in [3.63, 3.8) is 0 Å². The van der Waals surface area contributed by atoms with Crippen LogP contribution in [0.3, 0.4) is 0 Å². The number of aliphatic carboxylic acids is 1. The smallest absolute Gasteiger partial charge is 0.331 e. The van der Waals surface area contributed by atoms with E-state index in [9.17, 15) is 4.79 Å². The van der Waals surface area contributed by atoms with Gasteiger partial charge < -0.3 is 10.2 Å². The lowest BCUT2D eigenvalue weighted by Gasteiger charge is -1.97. The van der Waals surface area contributed by atoms with Crippen molar-refractivity contribution in [2.24, 2.45) is 0 Å². The number of allylic oxidation sites excluding steroid dienone is 1. The summed E-state index contributed by atoms with van der Waals surface area (Å²) < 4.78 is 0. The third kappa shape index (κ3) is 4.91. The van der Waals surface area contributed by atoms with Gasteiger partial charge in [-0.2, -0.15) is 0 Å². The van der Waals surface area contributed by atoms with Crippen molar-refractivity contribution >= 4 is 5.97 Å². The Balaban J connectivity index is 3.71. The molecule has 0 atom stereocenters. The summed E-state index contributed by atoms with van der Waals surface area (Å²) in [5.74, 6) is -0.832. The molecule has 0 aromatic heterocycles. The minimum Gasteiger partial charge on any atom is -0.478 e. The van der Waals surface area contributed by atoms with Gasteiger partial charge in [0.25, 0.3) is 0 Å². The molecule has 0 unspecified atom stereocenters. The number of aliphatic hydroxyl groups is 1. The summed E-state index contributed by atoms with van der Waals surface area (Å²) in [5.41, 5.74) is 0.466. The molecule has 0 aromatic rings. The quantitative estimate of drug-likeness (QED) is 0.472. The molecule has 0 aromatic carbocycles. The first-order valence-corrected chi connectivity index (χ1v) is 4.25. The summed E-state index contributed by atoms with van der Waals surface area (Å²) >= 11 is 0. The van der Waals surface area contributed by atoms with Crippen molar-refractivity contribution in [3.05, 3.63) is 11.6 Å². The van der Waals surface area contributed by atoms with Crippen LogP contribution in [0.1, 0.15) is 32.6 Å². The van der Waals surface area contributed by atoms with Crippen LogP contribution in [-0.4, -0.2) is 22.8 Å². The van der Waals surface area contributed by atoms with Crippen molar-refractivity contribution in [2.75, 3.05) is 6.61 Å². The Morgan fingerprint density at radius 1 is 1.42 bits per heavy atom. The van der Waals surface area contributed by atoms with E-state index in [0.29, 0.717) is 12.0 Å². The maximum absolute atomic E-state index is 10.5. The molecule has 0 saturated carbocycles. The number of rotatable bonds is 6. The number of hydrogen-bond donors (Lipinski definition) is 2. The molecule has 3 heteroatoms. The van der Waals surface area contributed by atoms with Crippen LogP contribution in [-0.2, 0) is 4.79 Å². The fraction of sp³-hybridized carbons (Fsp3) is 0.667. The van der Waals surface area contributed by atoms with Gasteiger partial charge in [-0.1, -0.05) is 13.0 Å². The number of unbranched alkanes of at least 4 members (excludes halogenated alkanes) is 2.